The van der Waals surface area contributed by atoms with Gasteiger partial charge in [0, 0.05) is 45.0 Å². The van der Waals surface area contributed by atoms with E-state index in [2.05, 4.69) is 10.3 Å². The number of nitrogens with zero attached hydrogens (tertiary/aromatic N) is 2. The van der Waals surface area contributed by atoms with Crippen LogP contribution >= 0.6 is 0 Å². The molecule has 0 bridgehead atoms. The highest BCUT2D eigenvalue weighted by Crippen LogP contribution is 2.31. The summed E-state index contributed by atoms with van der Waals surface area (Å²) >= 11 is 0. The number of alkyl halides is 6. The van der Waals surface area contributed by atoms with E-state index in [-0.39, 0.29) is 43.7 Å². The smallest absolute Gasteiger partial charge is 0.386 e. The first-order valence-corrected chi connectivity index (χ1v) is 12.7. The molecule has 0 saturated heterocycles. The Morgan fingerprint density at radius 2 is 1.50 bits per heavy atom. The van der Waals surface area contributed by atoms with Gasteiger partial charge in [-0.1, -0.05) is 12.1 Å². The van der Waals surface area contributed by atoms with Crippen molar-refractivity contribution in [3.05, 3.63) is 65.0 Å². The Morgan fingerprint density at radius 3 is 2.02 bits per heavy atom. The predicted molar refractivity (Wildman–Crippen MR) is 138 cm³/mol. The van der Waals surface area contributed by atoms with Crippen molar-refractivity contribution >= 4 is 17.6 Å². The van der Waals surface area contributed by atoms with E-state index in [1.54, 1.807) is 0 Å². The molecule has 1 aromatic heterocycles. The van der Waals surface area contributed by atoms with Crippen molar-refractivity contribution in [2.24, 2.45) is 17.2 Å². The number of carbonyl (C=O) groups excluding carboxylic acids is 3. The number of benzene rings is 1. The average molecular weight is 607 g/mol. The van der Waals surface area contributed by atoms with Crippen LogP contribution in [0, 0.1) is 0 Å². The number of hydrogen-bond acceptors (Lipinski definition) is 8. The maximum atomic E-state index is 13.2. The molecule has 0 aliphatic heterocycles. The molecule has 0 unspecified atom stereocenters. The van der Waals surface area contributed by atoms with E-state index in [1.165, 1.54) is 4.90 Å². The summed E-state index contributed by atoms with van der Waals surface area (Å²) in [6.07, 6.45) is -10.8. The number of aliphatic hydroxyl groups is 1. The van der Waals surface area contributed by atoms with Gasteiger partial charge in [0.05, 0.1) is 23.6 Å². The minimum atomic E-state index is -4.68. The van der Waals surface area contributed by atoms with Crippen molar-refractivity contribution in [1.29, 1.82) is 0 Å². The molecule has 8 N–H and O–H groups in total. The van der Waals surface area contributed by atoms with Gasteiger partial charge >= 0.3 is 12.4 Å². The molecule has 3 atom stereocenters. The number of pyridine rings is 1. The molecule has 2 rings (SSSR count). The molecule has 2 amide bonds. The van der Waals surface area contributed by atoms with Crippen LogP contribution < -0.4 is 22.5 Å². The number of carbonyl (C=O) groups is 3. The van der Waals surface area contributed by atoms with Gasteiger partial charge in [0.25, 0.3) is 0 Å². The molecule has 42 heavy (non-hydrogen) atoms. The first kappa shape index (κ1) is 34.6. The van der Waals surface area contributed by atoms with Gasteiger partial charge in [0.1, 0.15) is 12.1 Å². The predicted octanol–water partition coefficient (Wildman–Crippen LogP) is 1.30. The molecule has 0 spiro atoms. The summed E-state index contributed by atoms with van der Waals surface area (Å²) in [6, 6.07) is 0.691. The third-order valence-electron chi connectivity index (χ3n) is 6.20. The molecule has 1 heterocycles. The Balaban J connectivity index is 2.26. The van der Waals surface area contributed by atoms with Crippen LogP contribution in [0.1, 0.15) is 41.2 Å². The van der Waals surface area contributed by atoms with Crippen molar-refractivity contribution < 1.29 is 45.8 Å². The fourth-order valence-corrected chi connectivity index (χ4v) is 3.94. The Morgan fingerprint density at radius 1 is 0.929 bits per heavy atom. The Hall–Kier alpha value is -3.60. The van der Waals surface area contributed by atoms with Gasteiger partial charge in [-0.25, -0.2) is 0 Å². The van der Waals surface area contributed by atoms with Crippen LogP contribution in [-0.2, 0) is 33.2 Å². The number of Topliss-reactive ketones (excluding diaryl/α,β-unsaturated/α-hetero) is 1. The second kappa shape index (κ2) is 15.0. The van der Waals surface area contributed by atoms with Crippen LogP contribution in [0.4, 0.5) is 26.3 Å². The fourth-order valence-electron chi connectivity index (χ4n) is 3.94. The molecule has 1 aromatic carbocycles. The topological polar surface area (TPSA) is 178 Å². The zero-order chi connectivity index (χ0) is 31.7. The summed E-state index contributed by atoms with van der Waals surface area (Å²) in [5.41, 5.74) is 14.6. The van der Waals surface area contributed by atoms with Crippen LogP contribution in [0.15, 0.2) is 42.7 Å². The SMILES string of the molecule is NCCN(CCN)C(=O)C[C@H](N)C(=O)N[C@H](C(=O)CCc1cncc(C(F)(F)F)c1)[C@H](O)c1ccc(C(F)(F)F)cc1. The molecule has 0 aliphatic rings. The van der Waals surface area contributed by atoms with E-state index in [0.717, 1.165) is 24.4 Å². The minimum Gasteiger partial charge on any atom is -0.386 e. The molecule has 2 aromatic rings. The number of amides is 2. The fraction of sp³-hybridized carbons (Fsp3) is 0.462. The second-order valence-corrected chi connectivity index (χ2v) is 9.37. The summed E-state index contributed by atoms with van der Waals surface area (Å²) in [5.74, 6) is -2.45. The monoisotopic (exact) mass is 606 g/mol. The van der Waals surface area contributed by atoms with Gasteiger partial charge in [-0.05, 0) is 35.7 Å². The van der Waals surface area contributed by atoms with Gasteiger partial charge < -0.3 is 32.5 Å². The lowest BCUT2D eigenvalue weighted by atomic mass is 9.94. The van der Waals surface area contributed by atoms with Crippen LogP contribution in [0.2, 0.25) is 0 Å². The van der Waals surface area contributed by atoms with E-state index in [1.807, 2.05) is 0 Å². The third kappa shape index (κ3) is 10.0. The number of halogens is 6. The van der Waals surface area contributed by atoms with Crippen LogP contribution in [0.5, 0.6) is 0 Å². The Bertz CT molecular complexity index is 1200. The first-order valence-electron chi connectivity index (χ1n) is 12.7. The Labute approximate surface area is 237 Å². The van der Waals surface area contributed by atoms with Crippen LogP contribution in [0.25, 0.3) is 0 Å². The molecule has 0 aliphatic carbocycles. The first-order chi connectivity index (χ1) is 19.6. The summed E-state index contributed by atoms with van der Waals surface area (Å²) < 4.78 is 78.0. The highest BCUT2D eigenvalue weighted by molar-refractivity contribution is 5.93. The van der Waals surface area contributed by atoms with E-state index in [0.29, 0.717) is 18.3 Å². The zero-order valence-corrected chi connectivity index (χ0v) is 22.3. The summed E-state index contributed by atoms with van der Waals surface area (Å²) in [6.45, 7) is 0.514. The lowest BCUT2D eigenvalue weighted by molar-refractivity contribution is -0.138. The zero-order valence-electron chi connectivity index (χ0n) is 22.3. The molecule has 0 saturated carbocycles. The van der Waals surface area contributed by atoms with E-state index in [9.17, 15) is 45.8 Å². The Kier molecular flexibility index (Phi) is 12.4. The van der Waals surface area contributed by atoms with E-state index >= 15 is 0 Å². The highest BCUT2D eigenvalue weighted by Gasteiger charge is 2.34. The molecule has 232 valence electrons. The average Bonchev–Trinajstić information content (AvgIpc) is 2.93. The van der Waals surface area contributed by atoms with Gasteiger partial charge in [0.15, 0.2) is 5.78 Å². The largest absolute Gasteiger partial charge is 0.417 e. The van der Waals surface area contributed by atoms with Crippen molar-refractivity contribution in [3.8, 4) is 0 Å². The standard InChI is InChI=1S/C26H32F6N6O4/c27-25(28,29)17-4-2-16(3-5-17)23(41)22(20(39)6-1-15-11-18(14-36-13-15)26(30,31)32)37-24(42)19(35)12-21(40)38(9-7-33)10-8-34/h2-5,11,13-14,19,22-23,41H,1,6-10,12,33-35H2,(H,37,42)/t19-,22+,23+/m0/s1. The lowest BCUT2D eigenvalue weighted by Crippen LogP contribution is -2.52. The van der Waals surface area contributed by atoms with Crippen molar-refractivity contribution in [3.63, 3.8) is 0 Å². The van der Waals surface area contributed by atoms with Crippen LogP contribution in [-0.4, -0.2) is 70.9 Å². The number of aryl methyl sites for hydroxylation is 1. The number of aromatic nitrogens is 1. The summed E-state index contributed by atoms with van der Waals surface area (Å²) in [5, 5.41) is 13.1. The molecule has 0 radical (unpaired) electrons. The second-order valence-electron chi connectivity index (χ2n) is 9.37. The van der Waals surface area contributed by atoms with Crippen molar-refractivity contribution in [1.82, 2.24) is 15.2 Å². The number of hydrogen-bond donors (Lipinski definition) is 5. The molecular formula is C26H32F6N6O4. The normalized spacial score (nSPS) is 14.1. The van der Waals surface area contributed by atoms with Gasteiger partial charge in [-0.2, -0.15) is 26.3 Å². The molecule has 0 fully saturated rings. The maximum absolute atomic E-state index is 13.2. The summed E-state index contributed by atoms with van der Waals surface area (Å²) in [7, 11) is 0. The summed E-state index contributed by atoms with van der Waals surface area (Å²) in [4.78, 5) is 43.4. The van der Waals surface area contributed by atoms with Crippen molar-refractivity contribution in [2.75, 3.05) is 26.2 Å². The van der Waals surface area contributed by atoms with Gasteiger partial charge in [-0.15, -0.1) is 0 Å². The number of aliphatic hydroxyl groups excluding tert-OH is 1. The molecular weight excluding hydrogens is 574 g/mol. The third-order valence-corrected chi connectivity index (χ3v) is 6.20. The van der Waals surface area contributed by atoms with E-state index < -0.39 is 72.1 Å². The minimum absolute atomic E-state index is 0.0365. The number of rotatable bonds is 14. The lowest BCUT2D eigenvalue weighted by Gasteiger charge is -2.26. The van der Waals surface area contributed by atoms with Gasteiger partial charge in [-0.3, -0.25) is 19.4 Å². The van der Waals surface area contributed by atoms with Crippen LogP contribution in [0.3, 0.4) is 0 Å². The number of ketones is 1. The van der Waals surface area contributed by atoms with E-state index in [4.69, 9.17) is 17.2 Å². The molecule has 10 nitrogen and oxygen atoms in total. The number of nitrogens with one attached hydrogen (secondary N) is 1. The number of nitrogens with two attached hydrogens (primary N) is 3. The maximum Gasteiger partial charge on any atom is 0.417 e. The van der Waals surface area contributed by atoms with Crippen molar-refractivity contribution in [2.45, 2.75) is 49.8 Å². The molecule has 16 heteroatoms. The van der Waals surface area contributed by atoms with Gasteiger partial charge in [0.2, 0.25) is 11.8 Å². The highest BCUT2D eigenvalue weighted by atomic mass is 19.4. The quantitative estimate of drug-likeness (QED) is 0.200.